The Morgan fingerprint density at radius 3 is 2.80 bits per heavy atom. The van der Waals surface area contributed by atoms with Crippen molar-refractivity contribution < 1.29 is 4.74 Å². The highest BCUT2D eigenvalue weighted by atomic mass is 35.5. The van der Waals surface area contributed by atoms with E-state index in [9.17, 15) is 4.79 Å². The number of nitrogens with zero attached hydrogens (tertiary/aromatic N) is 1. The number of nitrogens with one attached hydrogen (secondary N) is 1. The van der Waals surface area contributed by atoms with E-state index in [4.69, 9.17) is 16.3 Å². The molecule has 0 aliphatic rings. The van der Waals surface area contributed by atoms with Crippen LogP contribution in [0.5, 0.6) is 5.75 Å². The van der Waals surface area contributed by atoms with Crippen LogP contribution in [0.2, 0.25) is 5.02 Å². The Labute approximate surface area is 126 Å². The average molecular weight is 311 g/mol. The van der Waals surface area contributed by atoms with E-state index in [1.165, 1.54) is 17.8 Å². The van der Waals surface area contributed by atoms with Crippen LogP contribution in [-0.2, 0) is 0 Å². The summed E-state index contributed by atoms with van der Waals surface area (Å²) in [7, 11) is 0. The normalized spacial score (nSPS) is 10.5. The quantitative estimate of drug-likeness (QED) is 0.505. The zero-order chi connectivity index (χ0) is 14.4. The smallest absolute Gasteiger partial charge is 0.251 e. The van der Waals surface area contributed by atoms with Gasteiger partial charge in [-0.1, -0.05) is 23.4 Å². The molecule has 2 rings (SSSR count). The van der Waals surface area contributed by atoms with Gasteiger partial charge in [-0.15, -0.1) is 0 Å². The number of thioether (sulfide) groups is 1. The number of H-pyrrole nitrogens is 1. The summed E-state index contributed by atoms with van der Waals surface area (Å²) in [5.41, 5.74) is 0.617. The van der Waals surface area contributed by atoms with Crippen LogP contribution in [0.3, 0.4) is 0 Å². The van der Waals surface area contributed by atoms with E-state index in [1.807, 2.05) is 19.1 Å². The first-order valence-corrected chi connectivity index (χ1v) is 7.59. The van der Waals surface area contributed by atoms with Crippen molar-refractivity contribution in [3.8, 4) is 5.75 Å². The summed E-state index contributed by atoms with van der Waals surface area (Å²) in [5, 5.41) is 1.35. The van der Waals surface area contributed by atoms with Gasteiger partial charge in [0.1, 0.15) is 5.75 Å². The van der Waals surface area contributed by atoms with Gasteiger partial charge in [0, 0.05) is 22.5 Å². The summed E-state index contributed by atoms with van der Waals surface area (Å²) < 4.78 is 5.58. The maximum atomic E-state index is 11.3. The van der Waals surface area contributed by atoms with Gasteiger partial charge in [0.15, 0.2) is 5.16 Å². The van der Waals surface area contributed by atoms with Gasteiger partial charge in [0.05, 0.1) is 6.61 Å². The fourth-order valence-corrected chi connectivity index (χ4v) is 2.53. The van der Waals surface area contributed by atoms with Crippen LogP contribution < -0.4 is 10.3 Å². The SMILES string of the molecule is Cc1cc(=O)[nH]c(SCCCOc2ccc(Cl)cc2)n1. The first kappa shape index (κ1) is 14.9. The van der Waals surface area contributed by atoms with E-state index in [0.29, 0.717) is 16.8 Å². The van der Waals surface area contributed by atoms with Crippen molar-refractivity contribution in [2.24, 2.45) is 0 Å². The molecule has 0 fully saturated rings. The van der Waals surface area contributed by atoms with Crippen LogP contribution >= 0.6 is 23.4 Å². The van der Waals surface area contributed by atoms with Crippen molar-refractivity contribution >= 4 is 23.4 Å². The summed E-state index contributed by atoms with van der Waals surface area (Å²) in [6.45, 7) is 2.42. The second-order valence-corrected chi connectivity index (χ2v) is 5.72. The molecule has 1 heterocycles. The molecule has 2 aromatic rings. The predicted octanol–water partition coefficient (Wildman–Crippen LogP) is 3.29. The largest absolute Gasteiger partial charge is 0.494 e. The Morgan fingerprint density at radius 1 is 1.35 bits per heavy atom. The fraction of sp³-hybridized carbons (Fsp3) is 0.286. The molecule has 1 N–H and O–H groups in total. The van der Waals surface area contributed by atoms with E-state index in [-0.39, 0.29) is 5.56 Å². The number of rotatable bonds is 6. The molecule has 6 heteroatoms. The number of aryl methyl sites for hydroxylation is 1. The van der Waals surface area contributed by atoms with Crippen LogP contribution in [0.15, 0.2) is 40.3 Å². The predicted molar refractivity (Wildman–Crippen MR) is 81.9 cm³/mol. The van der Waals surface area contributed by atoms with Gasteiger partial charge in [0.25, 0.3) is 5.56 Å². The molecule has 0 saturated carbocycles. The molecule has 106 valence electrons. The summed E-state index contributed by atoms with van der Waals surface area (Å²) in [6, 6.07) is 8.76. The number of ether oxygens (including phenoxy) is 1. The number of halogens is 1. The van der Waals surface area contributed by atoms with Crippen molar-refractivity contribution in [1.82, 2.24) is 9.97 Å². The lowest BCUT2D eigenvalue weighted by Crippen LogP contribution is -2.08. The van der Waals surface area contributed by atoms with E-state index in [1.54, 1.807) is 12.1 Å². The maximum absolute atomic E-state index is 11.3. The Balaban J connectivity index is 1.71. The third-order valence-corrected chi connectivity index (χ3v) is 3.67. The number of hydrogen-bond donors (Lipinski definition) is 1. The van der Waals surface area contributed by atoms with E-state index in [0.717, 1.165) is 23.6 Å². The number of aromatic nitrogens is 2. The van der Waals surface area contributed by atoms with Crippen molar-refractivity contribution in [3.63, 3.8) is 0 Å². The van der Waals surface area contributed by atoms with Crippen molar-refractivity contribution in [1.29, 1.82) is 0 Å². The lowest BCUT2D eigenvalue weighted by molar-refractivity contribution is 0.318. The van der Waals surface area contributed by atoms with Gasteiger partial charge in [-0.3, -0.25) is 4.79 Å². The Kier molecular flexibility index (Phi) is 5.49. The highest BCUT2D eigenvalue weighted by Gasteiger charge is 2.00. The summed E-state index contributed by atoms with van der Waals surface area (Å²) in [4.78, 5) is 18.2. The minimum Gasteiger partial charge on any atom is -0.494 e. The van der Waals surface area contributed by atoms with E-state index >= 15 is 0 Å². The van der Waals surface area contributed by atoms with Crippen LogP contribution in [0.4, 0.5) is 0 Å². The zero-order valence-corrected chi connectivity index (χ0v) is 12.6. The maximum Gasteiger partial charge on any atom is 0.251 e. The molecule has 4 nitrogen and oxygen atoms in total. The molecule has 0 aliphatic heterocycles. The highest BCUT2D eigenvalue weighted by molar-refractivity contribution is 7.99. The standard InChI is InChI=1S/C14H15ClN2O2S/c1-10-9-13(18)17-14(16-10)20-8-2-7-19-12-5-3-11(15)4-6-12/h3-6,9H,2,7-8H2,1H3,(H,16,17,18). The molecule has 0 radical (unpaired) electrons. The topological polar surface area (TPSA) is 55.0 Å². The van der Waals surface area contributed by atoms with Crippen LogP contribution in [0, 0.1) is 6.92 Å². The highest BCUT2D eigenvalue weighted by Crippen LogP contribution is 2.16. The molecule has 0 unspecified atom stereocenters. The molecule has 0 saturated heterocycles. The van der Waals surface area contributed by atoms with Gasteiger partial charge in [-0.2, -0.15) is 0 Å². The minimum atomic E-state index is -0.114. The summed E-state index contributed by atoms with van der Waals surface area (Å²) >= 11 is 7.31. The Morgan fingerprint density at radius 2 is 2.10 bits per heavy atom. The summed E-state index contributed by atoms with van der Waals surface area (Å²) in [5.74, 6) is 1.64. The molecule has 1 aromatic carbocycles. The first-order valence-electron chi connectivity index (χ1n) is 6.22. The molecule has 0 spiro atoms. The second-order valence-electron chi connectivity index (χ2n) is 4.20. The monoisotopic (exact) mass is 310 g/mol. The number of benzene rings is 1. The first-order chi connectivity index (χ1) is 9.63. The Hall–Kier alpha value is -1.46. The molecule has 20 heavy (non-hydrogen) atoms. The van der Waals surface area contributed by atoms with Gasteiger partial charge < -0.3 is 9.72 Å². The van der Waals surface area contributed by atoms with E-state index < -0.39 is 0 Å². The summed E-state index contributed by atoms with van der Waals surface area (Å²) in [6.07, 6.45) is 0.866. The molecule has 0 atom stereocenters. The minimum absolute atomic E-state index is 0.114. The lowest BCUT2D eigenvalue weighted by Gasteiger charge is -2.06. The van der Waals surface area contributed by atoms with Gasteiger partial charge in [0.2, 0.25) is 0 Å². The molecule has 0 bridgehead atoms. The van der Waals surface area contributed by atoms with Gasteiger partial charge in [-0.05, 0) is 37.6 Å². The van der Waals surface area contributed by atoms with Crippen molar-refractivity contribution in [2.45, 2.75) is 18.5 Å². The number of aromatic amines is 1. The lowest BCUT2D eigenvalue weighted by atomic mass is 10.3. The van der Waals surface area contributed by atoms with Crippen LogP contribution in [-0.4, -0.2) is 22.3 Å². The molecule has 0 aliphatic carbocycles. The molecule has 0 amide bonds. The van der Waals surface area contributed by atoms with Gasteiger partial charge in [-0.25, -0.2) is 4.98 Å². The molecular weight excluding hydrogens is 296 g/mol. The molecule has 1 aromatic heterocycles. The van der Waals surface area contributed by atoms with Gasteiger partial charge >= 0.3 is 0 Å². The average Bonchev–Trinajstić information content (AvgIpc) is 2.39. The third-order valence-electron chi connectivity index (χ3n) is 2.46. The van der Waals surface area contributed by atoms with Crippen molar-refractivity contribution in [2.75, 3.05) is 12.4 Å². The molecular formula is C14H15ClN2O2S. The second kappa shape index (κ2) is 7.36. The van der Waals surface area contributed by atoms with E-state index in [2.05, 4.69) is 9.97 Å². The van der Waals surface area contributed by atoms with Crippen LogP contribution in [0.1, 0.15) is 12.1 Å². The fourth-order valence-electron chi connectivity index (χ4n) is 1.57. The zero-order valence-electron chi connectivity index (χ0n) is 11.1. The van der Waals surface area contributed by atoms with Crippen LogP contribution in [0.25, 0.3) is 0 Å². The van der Waals surface area contributed by atoms with Crippen molar-refractivity contribution in [3.05, 3.63) is 51.4 Å². The third kappa shape index (κ3) is 4.90. The number of hydrogen-bond acceptors (Lipinski definition) is 4. The Bertz CT molecular complexity index is 613.